The lowest BCUT2D eigenvalue weighted by atomic mass is 10.2. The van der Waals surface area contributed by atoms with Crippen LogP contribution in [0, 0.1) is 17.0 Å². The number of nitro benzene ring substituents is 1. The van der Waals surface area contributed by atoms with Crippen LogP contribution < -0.4 is 9.04 Å². The number of hydrogen-bond donors (Lipinski definition) is 0. The van der Waals surface area contributed by atoms with E-state index in [1.807, 2.05) is 0 Å². The van der Waals surface area contributed by atoms with Gasteiger partial charge in [-0.3, -0.25) is 14.4 Å². The molecule has 0 saturated heterocycles. The van der Waals surface area contributed by atoms with Crippen molar-refractivity contribution in [2.75, 3.05) is 17.5 Å². The van der Waals surface area contributed by atoms with Crippen LogP contribution in [0.1, 0.15) is 5.56 Å². The third-order valence-electron chi connectivity index (χ3n) is 3.64. The summed E-state index contributed by atoms with van der Waals surface area (Å²) in [6.07, 6.45) is 0. The van der Waals surface area contributed by atoms with Gasteiger partial charge in [-0.05, 0) is 24.6 Å². The van der Waals surface area contributed by atoms with Crippen LogP contribution in [0.4, 0.5) is 11.4 Å². The summed E-state index contributed by atoms with van der Waals surface area (Å²) in [5.41, 5.74) is 0.639. The second-order valence-electron chi connectivity index (χ2n) is 5.10. The average molecular weight is 334 g/mol. The number of nitrogens with zero attached hydrogens (tertiary/aromatic N) is 2. The van der Waals surface area contributed by atoms with E-state index in [-0.39, 0.29) is 23.7 Å². The van der Waals surface area contributed by atoms with E-state index in [1.165, 1.54) is 16.4 Å². The van der Waals surface area contributed by atoms with Gasteiger partial charge in [-0.25, -0.2) is 8.42 Å². The van der Waals surface area contributed by atoms with Crippen molar-refractivity contribution in [2.24, 2.45) is 0 Å². The van der Waals surface area contributed by atoms with Gasteiger partial charge >= 0.3 is 0 Å². The summed E-state index contributed by atoms with van der Waals surface area (Å²) in [7, 11) is -3.91. The number of sulfonamides is 1. The molecule has 0 spiro atoms. The number of anilines is 1. The Morgan fingerprint density at radius 3 is 2.70 bits per heavy atom. The summed E-state index contributed by atoms with van der Waals surface area (Å²) < 4.78 is 32.7. The largest absolute Gasteiger partial charge is 0.489 e. The zero-order valence-corrected chi connectivity index (χ0v) is 13.1. The van der Waals surface area contributed by atoms with Gasteiger partial charge in [-0.15, -0.1) is 0 Å². The summed E-state index contributed by atoms with van der Waals surface area (Å²) in [5, 5.41) is 10.9. The Kier molecular flexibility index (Phi) is 3.69. The first-order chi connectivity index (χ1) is 10.9. The monoisotopic (exact) mass is 334 g/mol. The Morgan fingerprint density at radius 1 is 1.22 bits per heavy atom. The molecule has 0 atom stereocenters. The van der Waals surface area contributed by atoms with Crippen LogP contribution in [0.15, 0.2) is 47.4 Å². The van der Waals surface area contributed by atoms with Crippen molar-refractivity contribution in [1.82, 2.24) is 0 Å². The Morgan fingerprint density at radius 2 is 1.96 bits per heavy atom. The van der Waals surface area contributed by atoms with E-state index in [2.05, 4.69) is 0 Å². The maximum absolute atomic E-state index is 13.0. The fourth-order valence-electron chi connectivity index (χ4n) is 2.49. The van der Waals surface area contributed by atoms with Crippen LogP contribution in [-0.4, -0.2) is 26.5 Å². The predicted octanol–water partition coefficient (Wildman–Crippen LogP) is 2.49. The van der Waals surface area contributed by atoms with Gasteiger partial charge in [0.15, 0.2) is 0 Å². The third-order valence-corrected chi connectivity index (χ3v) is 5.59. The molecule has 2 aromatic rings. The van der Waals surface area contributed by atoms with Crippen molar-refractivity contribution >= 4 is 21.4 Å². The highest BCUT2D eigenvalue weighted by Gasteiger charge is 2.32. The molecule has 120 valence electrons. The highest BCUT2D eigenvalue weighted by Crippen LogP contribution is 2.36. The molecule has 0 saturated carbocycles. The van der Waals surface area contributed by atoms with Crippen LogP contribution in [0.25, 0.3) is 0 Å². The van der Waals surface area contributed by atoms with Gasteiger partial charge in [-0.2, -0.15) is 0 Å². The smallest absolute Gasteiger partial charge is 0.270 e. The van der Waals surface area contributed by atoms with Crippen molar-refractivity contribution in [3.05, 3.63) is 58.1 Å². The molecule has 23 heavy (non-hydrogen) atoms. The first-order valence-corrected chi connectivity index (χ1v) is 8.35. The van der Waals surface area contributed by atoms with Gasteiger partial charge < -0.3 is 4.74 Å². The lowest BCUT2D eigenvalue weighted by Crippen LogP contribution is -2.38. The molecule has 0 aromatic heterocycles. The van der Waals surface area contributed by atoms with Crippen molar-refractivity contribution in [3.8, 4) is 5.75 Å². The zero-order chi connectivity index (χ0) is 16.6. The Hall–Kier alpha value is -2.61. The SMILES string of the molecule is Cc1ccc([N+](=O)[O-])cc1S(=O)(=O)N1CCOc2ccccc21. The van der Waals surface area contributed by atoms with Crippen molar-refractivity contribution < 1.29 is 18.1 Å². The maximum Gasteiger partial charge on any atom is 0.270 e. The molecular weight excluding hydrogens is 320 g/mol. The number of benzene rings is 2. The Bertz CT molecular complexity index is 879. The van der Waals surface area contributed by atoms with Crippen LogP contribution in [0.5, 0.6) is 5.75 Å². The molecule has 0 radical (unpaired) electrons. The molecule has 3 rings (SSSR count). The number of fused-ring (bicyclic) bond motifs is 1. The number of para-hydroxylation sites is 2. The average Bonchev–Trinajstić information content (AvgIpc) is 2.54. The number of ether oxygens (including phenoxy) is 1. The molecule has 0 bridgehead atoms. The van der Waals surface area contributed by atoms with Gasteiger partial charge in [0, 0.05) is 12.1 Å². The summed E-state index contributed by atoms with van der Waals surface area (Å²) in [6.45, 7) is 1.99. The van der Waals surface area contributed by atoms with Crippen molar-refractivity contribution in [3.63, 3.8) is 0 Å². The highest BCUT2D eigenvalue weighted by molar-refractivity contribution is 7.92. The van der Waals surface area contributed by atoms with Crippen LogP contribution >= 0.6 is 0 Å². The second kappa shape index (κ2) is 5.54. The molecule has 1 aliphatic heterocycles. The summed E-state index contributed by atoms with van der Waals surface area (Å²) in [5.74, 6) is 0.477. The molecule has 0 fully saturated rings. The highest BCUT2D eigenvalue weighted by atomic mass is 32.2. The third kappa shape index (κ3) is 2.61. The van der Waals surface area contributed by atoms with Gasteiger partial charge in [0.2, 0.25) is 0 Å². The van der Waals surface area contributed by atoms with Gasteiger partial charge in [0.05, 0.1) is 22.1 Å². The summed E-state index contributed by atoms with van der Waals surface area (Å²) in [4.78, 5) is 10.3. The normalized spacial score (nSPS) is 14.0. The van der Waals surface area contributed by atoms with E-state index >= 15 is 0 Å². The number of aryl methyl sites for hydroxylation is 1. The van der Waals surface area contributed by atoms with E-state index < -0.39 is 14.9 Å². The Labute approximate surface area is 133 Å². The van der Waals surface area contributed by atoms with Crippen molar-refractivity contribution in [1.29, 1.82) is 0 Å². The molecule has 0 aliphatic carbocycles. The van der Waals surface area contributed by atoms with E-state index in [0.29, 0.717) is 17.0 Å². The van der Waals surface area contributed by atoms with E-state index in [0.717, 1.165) is 6.07 Å². The van der Waals surface area contributed by atoms with E-state index in [4.69, 9.17) is 4.74 Å². The number of rotatable bonds is 3. The van der Waals surface area contributed by atoms with Crippen molar-refractivity contribution in [2.45, 2.75) is 11.8 Å². The number of hydrogen-bond acceptors (Lipinski definition) is 5. The van der Waals surface area contributed by atoms with Gasteiger partial charge in [0.25, 0.3) is 15.7 Å². The predicted molar refractivity (Wildman–Crippen MR) is 84.3 cm³/mol. The second-order valence-corrected chi connectivity index (χ2v) is 6.93. The fourth-order valence-corrected chi connectivity index (χ4v) is 4.20. The molecule has 0 amide bonds. The van der Waals surface area contributed by atoms with Gasteiger partial charge in [-0.1, -0.05) is 18.2 Å². The quantitative estimate of drug-likeness (QED) is 0.635. The Balaban J connectivity index is 2.14. The lowest BCUT2D eigenvalue weighted by Gasteiger charge is -2.30. The maximum atomic E-state index is 13.0. The molecule has 7 nitrogen and oxygen atoms in total. The first-order valence-electron chi connectivity index (χ1n) is 6.91. The molecule has 1 heterocycles. The molecule has 2 aromatic carbocycles. The van der Waals surface area contributed by atoms with E-state index in [1.54, 1.807) is 31.2 Å². The molecule has 1 aliphatic rings. The van der Waals surface area contributed by atoms with Crippen LogP contribution in [0.3, 0.4) is 0 Å². The summed E-state index contributed by atoms with van der Waals surface area (Å²) >= 11 is 0. The van der Waals surface area contributed by atoms with E-state index in [9.17, 15) is 18.5 Å². The zero-order valence-electron chi connectivity index (χ0n) is 12.3. The molecule has 0 N–H and O–H groups in total. The number of nitro groups is 1. The molecular formula is C15H14N2O5S. The minimum Gasteiger partial charge on any atom is -0.489 e. The minimum atomic E-state index is -3.91. The molecule has 8 heteroatoms. The lowest BCUT2D eigenvalue weighted by molar-refractivity contribution is -0.385. The van der Waals surface area contributed by atoms with Gasteiger partial charge in [0.1, 0.15) is 12.4 Å². The first kappa shape index (κ1) is 15.3. The van der Waals surface area contributed by atoms with Crippen LogP contribution in [0.2, 0.25) is 0 Å². The topological polar surface area (TPSA) is 89.8 Å². The van der Waals surface area contributed by atoms with Crippen LogP contribution in [-0.2, 0) is 10.0 Å². The summed E-state index contributed by atoms with van der Waals surface area (Å²) in [6, 6.07) is 10.7. The minimum absolute atomic E-state index is 0.0663. The fraction of sp³-hybridized carbons (Fsp3) is 0.200. The molecule has 0 unspecified atom stereocenters. The number of non-ortho nitro benzene ring substituents is 1. The standard InChI is InChI=1S/C15H14N2O5S/c1-11-6-7-12(17(18)19)10-15(11)23(20,21)16-8-9-22-14-5-3-2-4-13(14)16/h2-7,10H,8-9H2,1H3.